The van der Waals surface area contributed by atoms with Gasteiger partial charge in [-0.1, -0.05) is 23.8 Å². The number of amides is 2. The summed E-state index contributed by atoms with van der Waals surface area (Å²) in [5.74, 6) is 0.590. The molecule has 0 aliphatic carbocycles. The second-order valence-electron chi connectivity index (χ2n) is 8.21. The molecule has 0 aromatic heterocycles. The molecular formula is C27H30N2O4. The van der Waals surface area contributed by atoms with Crippen molar-refractivity contribution in [1.82, 2.24) is 0 Å². The van der Waals surface area contributed by atoms with E-state index in [0.717, 1.165) is 27.9 Å². The van der Waals surface area contributed by atoms with Crippen LogP contribution in [0.2, 0.25) is 0 Å². The molecule has 3 aromatic carbocycles. The molecule has 172 valence electrons. The van der Waals surface area contributed by atoms with E-state index in [1.807, 2.05) is 58.0 Å². The summed E-state index contributed by atoms with van der Waals surface area (Å²) in [5.41, 5.74) is 6.06. The highest BCUT2D eigenvalue weighted by Crippen LogP contribution is 2.26. The summed E-state index contributed by atoms with van der Waals surface area (Å²) in [7, 11) is 1.56. The van der Waals surface area contributed by atoms with E-state index in [4.69, 9.17) is 9.47 Å². The lowest BCUT2D eigenvalue weighted by Gasteiger charge is -2.18. The van der Waals surface area contributed by atoms with Crippen LogP contribution < -0.4 is 20.1 Å². The van der Waals surface area contributed by atoms with Gasteiger partial charge in [-0.2, -0.15) is 0 Å². The summed E-state index contributed by atoms with van der Waals surface area (Å²) in [6, 6.07) is 16.3. The number of anilines is 2. The fourth-order valence-electron chi connectivity index (χ4n) is 3.66. The summed E-state index contributed by atoms with van der Waals surface area (Å²) in [4.78, 5) is 25.3. The molecular weight excluding hydrogens is 416 g/mol. The van der Waals surface area contributed by atoms with E-state index in [1.165, 1.54) is 0 Å². The van der Waals surface area contributed by atoms with E-state index >= 15 is 0 Å². The molecule has 0 aliphatic heterocycles. The second kappa shape index (κ2) is 10.2. The SMILES string of the molecule is COc1ccc(C)cc1NC(=O)c1ccc(OC(C)C(=O)Nc2c(C)cc(C)cc2C)cc1. The monoisotopic (exact) mass is 446 g/mol. The van der Waals surface area contributed by atoms with Gasteiger partial charge in [0.15, 0.2) is 6.10 Å². The zero-order valence-corrected chi connectivity index (χ0v) is 19.9. The molecule has 1 unspecified atom stereocenters. The Morgan fingerprint density at radius 2 is 1.45 bits per heavy atom. The maximum Gasteiger partial charge on any atom is 0.265 e. The predicted octanol–water partition coefficient (Wildman–Crippen LogP) is 5.59. The third-order valence-corrected chi connectivity index (χ3v) is 5.33. The zero-order chi connectivity index (χ0) is 24.1. The van der Waals surface area contributed by atoms with Crippen molar-refractivity contribution in [2.45, 2.75) is 40.7 Å². The van der Waals surface area contributed by atoms with E-state index in [1.54, 1.807) is 38.3 Å². The first kappa shape index (κ1) is 23.9. The van der Waals surface area contributed by atoms with E-state index in [2.05, 4.69) is 10.6 Å². The van der Waals surface area contributed by atoms with Gasteiger partial charge in [0.1, 0.15) is 11.5 Å². The van der Waals surface area contributed by atoms with Crippen molar-refractivity contribution < 1.29 is 19.1 Å². The van der Waals surface area contributed by atoms with Crippen LogP contribution in [-0.2, 0) is 4.79 Å². The Morgan fingerprint density at radius 3 is 2.06 bits per heavy atom. The lowest BCUT2D eigenvalue weighted by molar-refractivity contribution is -0.122. The number of hydrogen-bond acceptors (Lipinski definition) is 4. The first-order valence-electron chi connectivity index (χ1n) is 10.8. The molecule has 0 spiro atoms. The molecule has 0 aliphatic rings. The minimum atomic E-state index is -0.707. The minimum Gasteiger partial charge on any atom is -0.495 e. The van der Waals surface area contributed by atoms with Gasteiger partial charge in [0.05, 0.1) is 12.8 Å². The van der Waals surface area contributed by atoms with Gasteiger partial charge in [-0.15, -0.1) is 0 Å². The fraction of sp³-hybridized carbons (Fsp3) is 0.259. The maximum atomic E-state index is 12.7. The molecule has 3 rings (SSSR count). The Kier molecular flexibility index (Phi) is 7.38. The number of rotatable bonds is 7. The van der Waals surface area contributed by atoms with Crippen molar-refractivity contribution in [3.8, 4) is 11.5 Å². The Labute approximate surface area is 194 Å². The molecule has 6 nitrogen and oxygen atoms in total. The van der Waals surface area contributed by atoms with Crippen LogP contribution in [-0.4, -0.2) is 25.0 Å². The molecule has 0 bridgehead atoms. The molecule has 1 atom stereocenters. The number of carbonyl (C=O) groups excluding carboxylic acids is 2. The summed E-state index contributed by atoms with van der Waals surface area (Å²) < 4.78 is 11.1. The van der Waals surface area contributed by atoms with Gasteiger partial charge in [0.25, 0.3) is 11.8 Å². The van der Waals surface area contributed by atoms with Crippen molar-refractivity contribution in [3.05, 3.63) is 82.4 Å². The second-order valence-corrected chi connectivity index (χ2v) is 8.21. The van der Waals surface area contributed by atoms with Gasteiger partial charge in [0.2, 0.25) is 0 Å². The van der Waals surface area contributed by atoms with E-state index < -0.39 is 6.10 Å². The lowest BCUT2D eigenvalue weighted by Crippen LogP contribution is -2.30. The maximum absolute atomic E-state index is 12.7. The molecule has 2 N–H and O–H groups in total. The van der Waals surface area contributed by atoms with E-state index in [-0.39, 0.29) is 11.8 Å². The smallest absolute Gasteiger partial charge is 0.265 e. The number of hydrogen-bond donors (Lipinski definition) is 2. The Hall–Kier alpha value is -3.80. The Morgan fingerprint density at radius 1 is 0.818 bits per heavy atom. The van der Waals surface area contributed by atoms with Crippen molar-refractivity contribution in [2.24, 2.45) is 0 Å². The molecule has 6 heteroatoms. The number of aryl methyl sites for hydroxylation is 4. The number of carbonyl (C=O) groups is 2. The third-order valence-electron chi connectivity index (χ3n) is 5.33. The molecule has 0 saturated carbocycles. The fourth-order valence-corrected chi connectivity index (χ4v) is 3.66. The molecule has 3 aromatic rings. The van der Waals surface area contributed by atoms with Crippen molar-refractivity contribution >= 4 is 23.2 Å². The molecule has 0 heterocycles. The van der Waals surface area contributed by atoms with Gasteiger partial charge in [-0.3, -0.25) is 9.59 Å². The summed E-state index contributed by atoms with van der Waals surface area (Å²) >= 11 is 0. The van der Waals surface area contributed by atoms with Crippen LogP contribution in [0.1, 0.15) is 39.5 Å². The predicted molar refractivity (Wildman–Crippen MR) is 131 cm³/mol. The van der Waals surface area contributed by atoms with E-state index in [9.17, 15) is 9.59 Å². The van der Waals surface area contributed by atoms with Crippen LogP contribution in [0.15, 0.2) is 54.6 Å². The average molecular weight is 447 g/mol. The average Bonchev–Trinajstić information content (AvgIpc) is 2.76. The van der Waals surface area contributed by atoms with Gasteiger partial charge < -0.3 is 20.1 Å². The third kappa shape index (κ3) is 5.92. The summed E-state index contributed by atoms with van der Waals surface area (Å²) in [6.45, 7) is 9.60. The molecule has 0 fully saturated rings. The van der Waals surface area contributed by atoms with E-state index in [0.29, 0.717) is 22.7 Å². The normalized spacial score (nSPS) is 11.5. The first-order chi connectivity index (χ1) is 15.7. The number of nitrogens with one attached hydrogen (secondary N) is 2. The van der Waals surface area contributed by atoms with Gasteiger partial charge in [0, 0.05) is 11.3 Å². The van der Waals surface area contributed by atoms with Crippen LogP contribution in [0, 0.1) is 27.7 Å². The summed E-state index contributed by atoms with van der Waals surface area (Å²) in [6.07, 6.45) is -0.707. The highest BCUT2D eigenvalue weighted by atomic mass is 16.5. The number of ether oxygens (including phenoxy) is 2. The number of benzene rings is 3. The first-order valence-corrected chi connectivity index (χ1v) is 10.8. The highest BCUT2D eigenvalue weighted by Gasteiger charge is 2.17. The van der Waals surface area contributed by atoms with Crippen molar-refractivity contribution in [1.29, 1.82) is 0 Å². The van der Waals surface area contributed by atoms with Crippen LogP contribution in [0.25, 0.3) is 0 Å². The standard InChI is InChI=1S/C27H30N2O4/c1-16-7-12-24(32-6)23(15-16)28-27(31)21-8-10-22(11-9-21)33-20(5)26(30)29-25-18(3)13-17(2)14-19(25)4/h7-15,20H,1-6H3,(H,28,31)(H,29,30). The largest absolute Gasteiger partial charge is 0.495 e. The van der Waals surface area contributed by atoms with Crippen LogP contribution in [0.3, 0.4) is 0 Å². The molecule has 33 heavy (non-hydrogen) atoms. The van der Waals surface area contributed by atoms with Crippen LogP contribution in [0.5, 0.6) is 11.5 Å². The Balaban J connectivity index is 1.64. The minimum absolute atomic E-state index is 0.238. The van der Waals surface area contributed by atoms with Gasteiger partial charge in [-0.05, 0) is 87.7 Å². The quantitative estimate of drug-likeness (QED) is 0.496. The molecule has 0 radical (unpaired) electrons. The highest BCUT2D eigenvalue weighted by molar-refractivity contribution is 6.05. The van der Waals surface area contributed by atoms with Crippen LogP contribution in [0.4, 0.5) is 11.4 Å². The number of methoxy groups -OCH3 is 1. The zero-order valence-electron chi connectivity index (χ0n) is 19.9. The van der Waals surface area contributed by atoms with Crippen LogP contribution >= 0.6 is 0 Å². The molecule has 0 saturated heterocycles. The van der Waals surface area contributed by atoms with Crippen molar-refractivity contribution in [2.75, 3.05) is 17.7 Å². The molecule has 2 amide bonds. The Bertz CT molecular complexity index is 1150. The van der Waals surface area contributed by atoms with Gasteiger partial charge >= 0.3 is 0 Å². The lowest BCUT2D eigenvalue weighted by atomic mass is 10.0. The van der Waals surface area contributed by atoms with Gasteiger partial charge in [-0.25, -0.2) is 0 Å². The summed E-state index contributed by atoms with van der Waals surface area (Å²) in [5, 5.41) is 5.83. The topological polar surface area (TPSA) is 76.7 Å². The van der Waals surface area contributed by atoms with Crippen molar-refractivity contribution in [3.63, 3.8) is 0 Å².